The maximum Gasteiger partial charge on any atom is 0.338 e. The lowest BCUT2D eigenvalue weighted by Gasteiger charge is -2.06. The van der Waals surface area contributed by atoms with E-state index in [4.69, 9.17) is 5.11 Å². The number of benzene rings is 1. The van der Waals surface area contributed by atoms with Crippen molar-refractivity contribution in [1.82, 2.24) is 10.2 Å². The number of nitrogens with zero attached hydrogens (tertiary/aromatic N) is 2. The minimum Gasteiger partial charge on any atom is -0.478 e. The molecular formula is C11H9FN4O3S. The Kier molecular flexibility index (Phi) is 3.89. The summed E-state index contributed by atoms with van der Waals surface area (Å²) in [6, 6.07) is 2.66. The lowest BCUT2D eigenvalue weighted by atomic mass is 10.2. The maximum absolute atomic E-state index is 13.4. The van der Waals surface area contributed by atoms with Crippen molar-refractivity contribution < 1.29 is 19.1 Å². The van der Waals surface area contributed by atoms with Crippen LogP contribution in [0.15, 0.2) is 18.2 Å². The Labute approximate surface area is 116 Å². The van der Waals surface area contributed by atoms with Crippen molar-refractivity contribution in [2.75, 3.05) is 10.6 Å². The Morgan fingerprint density at radius 3 is 2.60 bits per heavy atom. The molecule has 20 heavy (non-hydrogen) atoms. The number of urea groups is 1. The number of aromatic nitrogens is 2. The molecule has 2 aromatic rings. The highest BCUT2D eigenvalue weighted by Gasteiger charge is 2.12. The van der Waals surface area contributed by atoms with Crippen LogP contribution >= 0.6 is 11.3 Å². The van der Waals surface area contributed by atoms with E-state index >= 15 is 0 Å². The summed E-state index contributed by atoms with van der Waals surface area (Å²) in [4.78, 5) is 22.2. The Bertz CT molecular complexity index is 673. The van der Waals surface area contributed by atoms with Crippen LogP contribution in [0.1, 0.15) is 15.4 Å². The van der Waals surface area contributed by atoms with Gasteiger partial charge < -0.3 is 10.4 Å². The van der Waals surface area contributed by atoms with Gasteiger partial charge in [-0.25, -0.2) is 14.0 Å². The van der Waals surface area contributed by atoms with Gasteiger partial charge in [-0.05, 0) is 25.1 Å². The van der Waals surface area contributed by atoms with Crippen LogP contribution in [0.3, 0.4) is 0 Å². The zero-order valence-corrected chi connectivity index (χ0v) is 11.0. The van der Waals surface area contributed by atoms with E-state index < -0.39 is 23.4 Å². The Morgan fingerprint density at radius 2 is 2.05 bits per heavy atom. The molecule has 2 rings (SSSR count). The van der Waals surface area contributed by atoms with Crippen LogP contribution in [0.4, 0.5) is 20.0 Å². The predicted octanol–water partition coefficient (Wildman–Crippen LogP) is 2.33. The number of hydrogen-bond donors (Lipinski definition) is 3. The summed E-state index contributed by atoms with van der Waals surface area (Å²) in [6.07, 6.45) is 0. The second-order valence-corrected chi connectivity index (χ2v) is 4.89. The number of halogens is 1. The van der Waals surface area contributed by atoms with Crippen molar-refractivity contribution in [3.8, 4) is 0 Å². The second-order valence-electron chi connectivity index (χ2n) is 3.71. The first-order valence-electron chi connectivity index (χ1n) is 5.36. The molecule has 0 bridgehead atoms. The number of carbonyl (C=O) groups excluding carboxylic acids is 1. The Morgan fingerprint density at radius 1 is 1.30 bits per heavy atom. The van der Waals surface area contributed by atoms with Gasteiger partial charge in [-0.15, -0.1) is 10.2 Å². The number of nitrogens with one attached hydrogen (secondary N) is 2. The number of aryl methyl sites for hydroxylation is 1. The maximum atomic E-state index is 13.4. The second kappa shape index (κ2) is 5.61. The molecule has 0 aliphatic heterocycles. The molecule has 1 aromatic heterocycles. The third kappa shape index (κ3) is 3.26. The molecule has 0 atom stereocenters. The lowest BCUT2D eigenvalue weighted by molar-refractivity contribution is 0.0692. The SMILES string of the molecule is Cc1nnc(NC(=O)Nc2ccc(C(=O)O)c(F)c2)s1. The first-order chi connectivity index (χ1) is 9.45. The van der Waals surface area contributed by atoms with Gasteiger partial charge in [0.2, 0.25) is 5.13 Å². The van der Waals surface area contributed by atoms with E-state index in [0.29, 0.717) is 10.1 Å². The standard InChI is InChI=1S/C11H9FN4O3S/c1-5-15-16-11(20-5)14-10(19)13-6-2-3-7(9(17)18)8(12)4-6/h2-4H,1H3,(H,17,18)(H2,13,14,16,19). The summed E-state index contributed by atoms with van der Waals surface area (Å²) >= 11 is 1.19. The average Bonchev–Trinajstić information content (AvgIpc) is 2.74. The van der Waals surface area contributed by atoms with E-state index in [1.54, 1.807) is 6.92 Å². The van der Waals surface area contributed by atoms with Gasteiger partial charge in [0.25, 0.3) is 0 Å². The van der Waals surface area contributed by atoms with E-state index in [-0.39, 0.29) is 5.69 Å². The minimum absolute atomic E-state index is 0.131. The fraction of sp³-hybridized carbons (Fsp3) is 0.0909. The Balaban J connectivity index is 2.04. The summed E-state index contributed by atoms with van der Waals surface area (Å²) in [7, 11) is 0. The van der Waals surface area contributed by atoms with Crippen LogP contribution in [0.25, 0.3) is 0 Å². The molecule has 1 aromatic carbocycles. The van der Waals surface area contributed by atoms with Gasteiger partial charge in [0, 0.05) is 5.69 Å². The minimum atomic E-state index is -1.37. The molecule has 1 heterocycles. The number of hydrogen-bond acceptors (Lipinski definition) is 5. The number of amides is 2. The Hall–Kier alpha value is -2.55. The number of anilines is 2. The van der Waals surface area contributed by atoms with Gasteiger partial charge in [-0.3, -0.25) is 5.32 Å². The molecule has 0 fully saturated rings. The number of aromatic carboxylic acids is 1. The molecule has 0 saturated carbocycles. The molecule has 9 heteroatoms. The van der Waals surface area contributed by atoms with Crippen molar-refractivity contribution in [1.29, 1.82) is 0 Å². The number of carboxylic acids is 1. The number of rotatable bonds is 3. The van der Waals surface area contributed by atoms with Crippen molar-refractivity contribution >= 4 is 34.2 Å². The normalized spacial score (nSPS) is 10.1. The van der Waals surface area contributed by atoms with E-state index in [1.807, 2.05) is 0 Å². The lowest BCUT2D eigenvalue weighted by Crippen LogP contribution is -2.19. The molecule has 104 valence electrons. The molecule has 2 amide bonds. The van der Waals surface area contributed by atoms with E-state index in [1.165, 1.54) is 17.4 Å². The van der Waals surface area contributed by atoms with Crippen LogP contribution in [-0.4, -0.2) is 27.3 Å². The molecular weight excluding hydrogens is 287 g/mol. The zero-order valence-electron chi connectivity index (χ0n) is 10.2. The predicted molar refractivity (Wildman–Crippen MR) is 70.6 cm³/mol. The van der Waals surface area contributed by atoms with E-state index in [2.05, 4.69) is 20.8 Å². The van der Waals surface area contributed by atoms with Crippen LogP contribution in [0.2, 0.25) is 0 Å². The molecule has 0 unspecified atom stereocenters. The topological polar surface area (TPSA) is 104 Å². The highest BCUT2D eigenvalue weighted by Crippen LogP contribution is 2.16. The van der Waals surface area contributed by atoms with Gasteiger partial charge in [-0.1, -0.05) is 11.3 Å². The fourth-order valence-electron chi connectivity index (χ4n) is 1.37. The zero-order chi connectivity index (χ0) is 14.7. The average molecular weight is 296 g/mol. The highest BCUT2D eigenvalue weighted by molar-refractivity contribution is 7.15. The molecule has 0 aliphatic carbocycles. The van der Waals surface area contributed by atoms with Gasteiger partial charge >= 0.3 is 12.0 Å². The van der Waals surface area contributed by atoms with Crippen molar-refractivity contribution in [2.24, 2.45) is 0 Å². The van der Waals surface area contributed by atoms with E-state index in [0.717, 1.165) is 12.1 Å². The molecule has 7 nitrogen and oxygen atoms in total. The third-order valence-electron chi connectivity index (χ3n) is 2.20. The first-order valence-corrected chi connectivity index (χ1v) is 6.18. The van der Waals surface area contributed by atoms with Gasteiger partial charge in [0.1, 0.15) is 10.8 Å². The summed E-state index contributed by atoms with van der Waals surface area (Å²) in [5.74, 6) is -2.30. The summed E-state index contributed by atoms with van der Waals surface area (Å²) < 4.78 is 13.4. The molecule has 0 saturated heterocycles. The largest absolute Gasteiger partial charge is 0.478 e. The number of carboxylic acid groups (broad SMARTS) is 1. The smallest absolute Gasteiger partial charge is 0.338 e. The summed E-state index contributed by atoms with van der Waals surface area (Å²) in [5.41, 5.74) is -0.332. The van der Waals surface area contributed by atoms with Crippen LogP contribution in [0.5, 0.6) is 0 Å². The van der Waals surface area contributed by atoms with Crippen molar-refractivity contribution in [2.45, 2.75) is 6.92 Å². The molecule has 0 aliphatic rings. The van der Waals surface area contributed by atoms with Gasteiger partial charge in [0.15, 0.2) is 0 Å². The summed E-state index contributed by atoms with van der Waals surface area (Å²) in [5, 5.41) is 21.9. The quantitative estimate of drug-likeness (QED) is 0.806. The van der Waals surface area contributed by atoms with Gasteiger partial charge in [0.05, 0.1) is 5.56 Å². The number of carbonyl (C=O) groups is 2. The van der Waals surface area contributed by atoms with Crippen LogP contribution in [0, 0.1) is 12.7 Å². The monoisotopic (exact) mass is 296 g/mol. The fourth-order valence-corrected chi connectivity index (χ4v) is 1.96. The van der Waals surface area contributed by atoms with Crippen molar-refractivity contribution in [3.05, 3.63) is 34.6 Å². The molecule has 0 radical (unpaired) electrons. The van der Waals surface area contributed by atoms with E-state index in [9.17, 15) is 14.0 Å². The highest BCUT2D eigenvalue weighted by atomic mass is 32.1. The molecule has 0 spiro atoms. The summed E-state index contributed by atoms with van der Waals surface area (Å²) in [6.45, 7) is 1.74. The van der Waals surface area contributed by atoms with Crippen LogP contribution in [-0.2, 0) is 0 Å². The van der Waals surface area contributed by atoms with Crippen molar-refractivity contribution in [3.63, 3.8) is 0 Å². The first kappa shape index (κ1) is 13.9. The van der Waals surface area contributed by atoms with Crippen LogP contribution < -0.4 is 10.6 Å². The van der Waals surface area contributed by atoms with Gasteiger partial charge in [-0.2, -0.15) is 0 Å². The third-order valence-corrected chi connectivity index (χ3v) is 2.96. The molecule has 3 N–H and O–H groups in total.